The summed E-state index contributed by atoms with van der Waals surface area (Å²) < 4.78 is 2.33. The number of nitrogens with one attached hydrogen (secondary N) is 2. The van der Waals surface area contributed by atoms with Gasteiger partial charge in [-0.3, -0.25) is 14.0 Å². The van der Waals surface area contributed by atoms with Crippen LogP contribution in [-0.4, -0.2) is 33.9 Å². The van der Waals surface area contributed by atoms with Crippen LogP contribution in [0.4, 0.5) is 0 Å². The van der Waals surface area contributed by atoms with Gasteiger partial charge in [0.05, 0.1) is 6.54 Å². The van der Waals surface area contributed by atoms with Crippen LogP contribution < -0.4 is 15.8 Å². The van der Waals surface area contributed by atoms with Gasteiger partial charge in [0.15, 0.2) is 6.54 Å². The number of pyridine rings is 1. The van der Waals surface area contributed by atoms with Gasteiger partial charge in [-0.15, -0.1) is 0 Å². The molecule has 0 fully saturated rings. The number of nitrogens with zero attached hydrogens (tertiary/aromatic N) is 2. The Hall–Kier alpha value is -1.73. The molecule has 0 saturated heterocycles. The molecule has 0 aromatic carbocycles. The third kappa shape index (κ3) is 5.14. The number of hydrogen-bond acceptors (Lipinski definition) is 3. The minimum Gasteiger partial charge on any atom is -0.347 e. The average molecular weight is 396 g/mol. The molecule has 2 N–H and O–H groups in total. The van der Waals surface area contributed by atoms with E-state index in [0.717, 1.165) is 15.9 Å². The monoisotopic (exact) mass is 395 g/mol. The van der Waals surface area contributed by atoms with Gasteiger partial charge in [0.1, 0.15) is 17.9 Å². The van der Waals surface area contributed by atoms with Gasteiger partial charge >= 0.3 is 0 Å². The van der Waals surface area contributed by atoms with E-state index in [2.05, 4.69) is 26.2 Å². The highest BCUT2D eigenvalue weighted by atomic mass is 79.9. The molecule has 130 valence electrons. The largest absolute Gasteiger partial charge is 0.347 e. The first-order chi connectivity index (χ1) is 11.2. The van der Waals surface area contributed by atoms with E-state index in [-0.39, 0.29) is 17.0 Å². The molecule has 2 heterocycles. The van der Waals surface area contributed by atoms with Crippen LogP contribution in [-0.2, 0) is 11.3 Å². The zero-order chi connectivity index (χ0) is 17.9. The fourth-order valence-corrected chi connectivity index (χ4v) is 2.81. The summed E-state index contributed by atoms with van der Waals surface area (Å²) in [6, 6.07) is 5.19. The van der Waals surface area contributed by atoms with Crippen molar-refractivity contribution < 1.29 is 9.69 Å². The second-order valence-electron chi connectivity index (χ2n) is 6.92. The Labute approximate surface area is 150 Å². The van der Waals surface area contributed by atoms with E-state index < -0.39 is 0 Å². The number of aromatic nitrogens is 2. The van der Waals surface area contributed by atoms with Crippen molar-refractivity contribution in [3.05, 3.63) is 44.9 Å². The average Bonchev–Trinajstić information content (AvgIpc) is 2.45. The molecule has 6 nitrogen and oxygen atoms in total. The Morgan fingerprint density at radius 1 is 1.38 bits per heavy atom. The van der Waals surface area contributed by atoms with Gasteiger partial charge in [0.2, 0.25) is 0 Å². The third-order valence-electron chi connectivity index (χ3n) is 3.53. The fourth-order valence-electron chi connectivity index (χ4n) is 2.47. The lowest BCUT2D eigenvalue weighted by Crippen LogP contribution is -3.11. The number of likely N-dealkylation sites (N-methyl/N-ethyl adjacent to an activating group) is 1. The van der Waals surface area contributed by atoms with Crippen LogP contribution in [0.15, 0.2) is 33.7 Å². The second kappa shape index (κ2) is 7.44. The fraction of sp³-hybridized carbons (Fsp3) is 0.471. The zero-order valence-corrected chi connectivity index (χ0v) is 16.1. The van der Waals surface area contributed by atoms with Crippen molar-refractivity contribution >= 4 is 27.5 Å². The number of fused-ring (bicyclic) bond motifs is 1. The normalized spacial score (nSPS) is 13.0. The Kier molecular flexibility index (Phi) is 5.77. The van der Waals surface area contributed by atoms with Crippen molar-refractivity contribution in [2.45, 2.75) is 39.8 Å². The van der Waals surface area contributed by atoms with Crippen LogP contribution in [0.3, 0.4) is 0 Å². The van der Waals surface area contributed by atoms with E-state index in [1.165, 1.54) is 10.5 Å². The number of carbonyl (C=O) groups excluding carboxylic acids is 1. The molecule has 2 rings (SSSR count). The Morgan fingerprint density at radius 2 is 2.08 bits per heavy atom. The Bertz CT molecular complexity index is 795. The van der Waals surface area contributed by atoms with Crippen molar-refractivity contribution in [1.29, 1.82) is 0 Å². The molecule has 0 aliphatic carbocycles. The summed E-state index contributed by atoms with van der Waals surface area (Å²) in [5.74, 6) is 0.000733. The summed E-state index contributed by atoms with van der Waals surface area (Å²) in [5, 5.41) is 2.97. The predicted octanol–water partition coefficient (Wildman–Crippen LogP) is 0.777. The lowest BCUT2D eigenvalue weighted by molar-refractivity contribution is -0.904. The number of halogens is 1. The minimum absolute atomic E-state index is 0.000733. The molecule has 0 spiro atoms. The molecule has 0 radical (unpaired) electrons. The summed E-state index contributed by atoms with van der Waals surface area (Å²) in [6.45, 7) is 9.57. The first kappa shape index (κ1) is 18.6. The van der Waals surface area contributed by atoms with Crippen LogP contribution in [0.1, 0.15) is 33.4 Å². The van der Waals surface area contributed by atoms with Gasteiger partial charge in [0.25, 0.3) is 11.5 Å². The summed E-state index contributed by atoms with van der Waals surface area (Å²) in [5.41, 5.74) is 0.938. The first-order valence-corrected chi connectivity index (χ1v) is 8.79. The quantitative estimate of drug-likeness (QED) is 0.785. The van der Waals surface area contributed by atoms with Crippen molar-refractivity contribution in [2.75, 3.05) is 13.1 Å². The summed E-state index contributed by atoms with van der Waals surface area (Å²) in [4.78, 5) is 30.0. The lowest BCUT2D eigenvalue weighted by Gasteiger charge is -2.23. The van der Waals surface area contributed by atoms with Crippen molar-refractivity contribution in [1.82, 2.24) is 14.7 Å². The summed E-state index contributed by atoms with van der Waals surface area (Å²) in [7, 11) is 0. The van der Waals surface area contributed by atoms with E-state index in [1.807, 2.05) is 33.8 Å². The van der Waals surface area contributed by atoms with Crippen LogP contribution in [0.25, 0.3) is 5.65 Å². The number of hydrogen-bond donors (Lipinski definition) is 2. The SMILES string of the molecule is CC[NH+](CC(=O)NC(C)(C)C)Cc1cc(=O)n2cc(Br)ccc2n1. The van der Waals surface area contributed by atoms with Crippen LogP contribution >= 0.6 is 15.9 Å². The maximum absolute atomic E-state index is 12.2. The van der Waals surface area contributed by atoms with Gasteiger partial charge in [0, 0.05) is 22.3 Å². The van der Waals surface area contributed by atoms with Crippen molar-refractivity contribution in [3.8, 4) is 0 Å². The Balaban J connectivity index is 2.16. The Morgan fingerprint density at radius 3 is 2.71 bits per heavy atom. The molecule has 24 heavy (non-hydrogen) atoms. The highest BCUT2D eigenvalue weighted by molar-refractivity contribution is 9.10. The maximum Gasteiger partial charge on any atom is 0.275 e. The van der Waals surface area contributed by atoms with Gasteiger partial charge in [-0.25, -0.2) is 4.98 Å². The third-order valence-corrected chi connectivity index (χ3v) is 4.00. The highest BCUT2D eigenvalue weighted by Crippen LogP contribution is 2.09. The van der Waals surface area contributed by atoms with Crippen LogP contribution in [0, 0.1) is 0 Å². The van der Waals surface area contributed by atoms with E-state index in [1.54, 1.807) is 12.3 Å². The van der Waals surface area contributed by atoms with Gasteiger partial charge < -0.3 is 10.2 Å². The molecule has 0 aliphatic heterocycles. The number of carbonyl (C=O) groups is 1. The second-order valence-corrected chi connectivity index (χ2v) is 7.83. The molecule has 0 saturated carbocycles. The molecule has 1 unspecified atom stereocenters. The van der Waals surface area contributed by atoms with Gasteiger partial charge in [-0.1, -0.05) is 0 Å². The number of quaternary nitrogens is 1. The maximum atomic E-state index is 12.2. The van der Waals surface area contributed by atoms with E-state index in [0.29, 0.717) is 24.4 Å². The summed E-state index contributed by atoms with van der Waals surface area (Å²) >= 11 is 3.35. The van der Waals surface area contributed by atoms with Crippen LogP contribution in [0.5, 0.6) is 0 Å². The lowest BCUT2D eigenvalue weighted by atomic mass is 10.1. The van der Waals surface area contributed by atoms with Crippen molar-refractivity contribution in [3.63, 3.8) is 0 Å². The molecule has 1 amide bonds. The van der Waals surface area contributed by atoms with Gasteiger partial charge in [-0.05, 0) is 55.8 Å². The predicted molar refractivity (Wildman–Crippen MR) is 97.1 cm³/mol. The highest BCUT2D eigenvalue weighted by Gasteiger charge is 2.19. The zero-order valence-electron chi connectivity index (χ0n) is 14.5. The summed E-state index contributed by atoms with van der Waals surface area (Å²) in [6.07, 6.45) is 1.70. The van der Waals surface area contributed by atoms with E-state index >= 15 is 0 Å². The first-order valence-electron chi connectivity index (χ1n) is 8.00. The van der Waals surface area contributed by atoms with Crippen molar-refractivity contribution in [2.24, 2.45) is 0 Å². The molecule has 7 heteroatoms. The number of amides is 1. The molecular formula is C17H24BrN4O2+. The molecular weight excluding hydrogens is 372 g/mol. The van der Waals surface area contributed by atoms with Crippen LogP contribution in [0.2, 0.25) is 0 Å². The van der Waals surface area contributed by atoms with E-state index in [9.17, 15) is 9.59 Å². The van der Waals surface area contributed by atoms with E-state index in [4.69, 9.17) is 0 Å². The molecule has 0 bridgehead atoms. The molecule has 1 atom stereocenters. The van der Waals surface area contributed by atoms with Gasteiger partial charge in [-0.2, -0.15) is 0 Å². The smallest absolute Gasteiger partial charge is 0.275 e. The number of rotatable bonds is 5. The topological polar surface area (TPSA) is 67.9 Å². The minimum atomic E-state index is -0.247. The molecule has 2 aromatic rings. The molecule has 2 aromatic heterocycles. The standard InChI is InChI=1S/C17H23BrN4O2/c1-5-21(11-15(23)20-17(2,3)4)10-13-8-16(24)22-9-12(18)6-7-14(22)19-13/h6-9H,5,10-11H2,1-4H3,(H,20,23)/p+1. The molecule has 0 aliphatic rings.